The van der Waals surface area contributed by atoms with Gasteiger partial charge in [-0.3, -0.25) is 14.3 Å². The van der Waals surface area contributed by atoms with Crippen molar-refractivity contribution in [2.24, 2.45) is 0 Å². The second-order valence-corrected chi connectivity index (χ2v) is 11.2. The number of nitrogens with one attached hydrogen (secondary N) is 3. The van der Waals surface area contributed by atoms with E-state index < -0.39 is 10.0 Å². The fourth-order valence-electron chi connectivity index (χ4n) is 3.66. The van der Waals surface area contributed by atoms with Gasteiger partial charge in [-0.15, -0.1) is 0 Å². The van der Waals surface area contributed by atoms with Crippen molar-refractivity contribution in [1.29, 1.82) is 0 Å². The van der Waals surface area contributed by atoms with Gasteiger partial charge < -0.3 is 15.4 Å². The molecular weight excluding hydrogens is 534 g/mol. The molecule has 0 radical (unpaired) electrons. The Hall–Kier alpha value is -3.76. The van der Waals surface area contributed by atoms with Crippen molar-refractivity contribution in [3.05, 3.63) is 89.5 Å². The molecule has 0 fully saturated rings. The zero-order chi connectivity index (χ0) is 28.3. The number of esters is 1. The lowest BCUT2D eigenvalue weighted by atomic mass is 10.1. The summed E-state index contributed by atoms with van der Waals surface area (Å²) in [6.07, 6.45) is 2.18. The summed E-state index contributed by atoms with van der Waals surface area (Å²) in [4.78, 5) is 24.1. The zero-order valence-corrected chi connectivity index (χ0v) is 23.7. The maximum Gasteiger partial charge on any atom is 0.305 e. The van der Waals surface area contributed by atoms with E-state index in [9.17, 15) is 18.0 Å². The van der Waals surface area contributed by atoms with Crippen molar-refractivity contribution < 1.29 is 22.7 Å². The minimum atomic E-state index is -3.76. The molecule has 0 unspecified atom stereocenters. The molecule has 3 rings (SSSR count). The summed E-state index contributed by atoms with van der Waals surface area (Å²) < 4.78 is 33.2. The third kappa shape index (κ3) is 10.1. The topological polar surface area (TPSA) is 114 Å². The zero-order valence-electron chi connectivity index (χ0n) is 22.0. The van der Waals surface area contributed by atoms with Crippen LogP contribution in [0, 0.1) is 13.8 Å². The maximum atomic E-state index is 12.7. The number of rotatable bonds is 12. The van der Waals surface area contributed by atoms with E-state index in [1.807, 2.05) is 50.2 Å². The first-order valence-corrected chi connectivity index (χ1v) is 14.5. The first kappa shape index (κ1) is 29.8. The quantitative estimate of drug-likeness (QED) is 0.155. The van der Waals surface area contributed by atoms with Crippen LogP contribution in [0.2, 0.25) is 0 Å². The van der Waals surface area contributed by atoms with E-state index in [4.69, 9.17) is 17.0 Å². The van der Waals surface area contributed by atoms with E-state index in [1.165, 1.54) is 17.7 Å². The smallest absolute Gasteiger partial charge is 0.305 e. The van der Waals surface area contributed by atoms with Gasteiger partial charge in [0, 0.05) is 24.2 Å². The van der Waals surface area contributed by atoms with E-state index in [-0.39, 0.29) is 34.7 Å². The number of amides is 1. The summed E-state index contributed by atoms with van der Waals surface area (Å²) in [7, 11) is -3.76. The highest BCUT2D eigenvalue weighted by molar-refractivity contribution is 7.92. The number of thiocarbonyl (C=S) groups is 1. The fourth-order valence-corrected chi connectivity index (χ4v) is 4.94. The van der Waals surface area contributed by atoms with E-state index in [0.717, 1.165) is 24.0 Å². The Labute approximate surface area is 235 Å². The monoisotopic (exact) mass is 567 g/mol. The van der Waals surface area contributed by atoms with Crippen molar-refractivity contribution in [2.75, 3.05) is 16.6 Å². The van der Waals surface area contributed by atoms with Gasteiger partial charge >= 0.3 is 5.97 Å². The molecular formula is C29H33N3O5S2. The van der Waals surface area contributed by atoms with Gasteiger partial charge in [0.2, 0.25) is 5.91 Å². The number of ether oxygens (including phenoxy) is 1. The van der Waals surface area contributed by atoms with E-state index in [1.54, 1.807) is 24.3 Å². The van der Waals surface area contributed by atoms with E-state index in [0.29, 0.717) is 24.4 Å². The Morgan fingerprint density at radius 2 is 1.54 bits per heavy atom. The van der Waals surface area contributed by atoms with Crippen LogP contribution in [0.5, 0.6) is 0 Å². The van der Waals surface area contributed by atoms with Crippen LogP contribution in [0.4, 0.5) is 11.4 Å². The predicted molar refractivity (Wildman–Crippen MR) is 157 cm³/mol. The molecule has 8 nitrogen and oxygen atoms in total. The number of anilines is 2. The van der Waals surface area contributed by atoms with Gasteiger partial charge in [0.15, 0.2) is 5.11 Å². The second-order valence-electron chi connectivity index (χ2n) is 9.09. The molecule has 0 spiro atoms. The van der Waals surface area contributed by atoms with Crippen molar-refractivity contribution in [1.82, 2.24) is 5.32 Å². The lowest BCUT2D eigenvalue weighted by Gasteiger charge is -2.12. The number of hydrogen-bond acceptors (Lipinski definition) is 6. The van der Waals surface area contributed by atoms with Crippen LogP contribution in [0.1, 0.15) is 42.4 Å². The number of carbonyl (C=O) groups excluding carboxylic acids is 2. The summed E-state index contributed by atoms with van der Waals surface area (Å²) in [6.45, 7) is 4.21. The van der Waals surface area contributed by atoms with Crippen LogP contribution < -0.4 is 15.4 Å². The molecule has 10 heteroatoms. The highest BCUT2D eigenvalue weighted by Gasteiger charge is 2.15. The molecule has 0 saturated carbocycles. The fraction of sp³-hybridized carbons (Fsp3) is 0.276. The molecule has 1 amide bonds. The van der Waals surface area contributed by atoms with Crippen molar-refractivity contribution >= 4 is 50.6 Å². The molecule has 0 bridgehead atoms. The second kappa shape index (κ2) is 14.4. The first-order chi connectivity index (χ1) is 18.6. The summed E-state index contributed by atoms with van der Waals surface area (Å²) in [5, 5.41) is 5.49. The van der Waals surface area contributed by atoms with Crippen LogP contribution >= 0.6 is 12.2 Å². The SMILES string of the molecule is Cc1ccc(NS(=O)(=O)c2ccc(NC(=S)NC(=O)CCCC(=O)OCCCc3ccccc3)cc2)cc1C. The summed E-state index contributed by atoms with van der Waals surface area (Å²) in [6, 6.07) is 21.3. The van der Waals surface area contributed by atoms with Gasteiger partial charge in [0.25, 0.3) is 10.0 Å². The molecule has 0 atom stereocenters. The minimum Gasteiger partial charge on any atom is -0.466 e. The maximum absolute atomic E-state index is 12.7. The number of aryl methyl sites for hydroxylation is 3. The Bertz CT molecular complexity index is 1390. The van der Waals surface area contributed by atoms with Crippen LogP contribution in [-0.2, 0) is 30.8 Å². The van der Waals surface area contributed by atoms with E-state index >= 15 is 0 Å². The molecule has 0 aliphatic heterocycles. The molecule has 39 heavy (non-hydrogen) atoms. The van der Waals surface area contributed by atoms with Crippen LogP contribution in [0.25, 0.3) is 0 Å². The van der Waals surface area contributed by atoms with Gasteiger partial charge in [0.1, 0.15) is 0 Å². The lowest BCUT2D eigenvalue weighted by Crippen LogP contribution is -2.34. The summed E-state index contributed by atoms with van der Waals surface area (Å²) >= 11 is 5.18. The number of hydrogen-bond donors (Lipinski definition) is 3. The first-order valence-electron chi connectivity index (χ1n) is 12.6. The molecule has 0 aliphatic rings. The number of benzene rings is 3. The highest BCUT2D eigenvalue weighted by Crippen LogP contribution is 2.20. The average molecular weight is 568 g/mol. The van der Waals surface area contributed by atoms with Crippen LogP contribution in [0.15, 0.2) is 77.7 Å². The number of sulfonamides is 1. The molecule has 3 aromatic rings. The molecule has 0 heterocycles. The Balaban J connectivity index is 1.35. The Morgan fingerprint density at radius 1 is 0.846 bits per heavy atom. The molecule has 3 aromatic carbocycles. The van der Waals surface area contributed by atoms with Gasteiger partial charge in [-0.25, -0.2) is 8.42 Å². The van der Waals surface area contributed by atoms with Gasteiger partial charge in [0.05, 0.1) is 11.5 Å². The highest BCUT2D eigenvalue weighted by atomic mass is 32.2. The van der Waals surface area contributed by atoms with Crippen molar-refractivity contribution in [3.8, 4) is 0 Å². The number of carbonyl (C=O) groups is 2. The molecule has 3 N–H and O–H groups in total. The van der Waals surface area contributed by atoms with Gasteiger partial charge in [-0.1, -0.05) is 36.4 Å². The third-order valence-corrected chi connectivity index (χ3v) is 7.54. The lowest BCUT2D eigenvalue weighted by molar-refractivity contribution is -0.143. The summed E-state index contributed by atoms with van der Waals surface area (Å²) in [5.74, 6) is -0.667. The van der Waals surface area contributed by atoms with Crippen molar-refractivity contribution in [2.45, 2.75) is 50.8 Å². The Kier molecular flexibility index (Phi) is 11.0. The van der Waals surface area contributed by atoms with Crippen LogP contribution in [-0.4, -0.2) is 32.0 Å². The molecule has 0 aromatic heterocycles. The van der Waals surface area contributed by atoms with Crippen LogP contribution in [0.3, 0.4) is 0 Å². The normalized spacial score (nSPS) is 10.9. The molecule has 206 valence electrons. The van der Waals surface area contributed by atoms with Gasteiger partial charge in [-0.05, 0) is 98.4 Å². The summed E-state index contributed by atoms with van der Waals surface area (Å²) in [5.41, 5.74) is 4.26. The Morgan fingerprint density at radius 3 is 2.23 bits per heavy atom. The van der Waals surface area contributed by atoms with Gasteiger partial charge in [-0.2, -0.15) is 0 Å². The third-order valence-electron chi connectivity index (χ3n) is 5.93. The van der Waals surface area contributed by atoms with E-state index in [2.05, 4.69) is 15.4 Å². The standard InChI is InChI=1S/C29H33N3O5S2/c1-21-13-14-25(20-22(21)2)32-39(35,36)26-17-15-24(16-18-26)30-29(38)31-27(33)11-6-12-28(34)37-19-7-10-23-8-4-3-5-9-23/h3-5,8-9,13-18,20,32H,6-7,10-12,19H2,1-2H3,(H2,30,31,33,38). The molecule has 0 saturated heterocycles. The van der Waals surface area contributed by atoms with Crippen molar-refractivity contribution in [3.63, 3.8) is 0 Å². The predicted octanol–water partition coefficient (Wildman–Crippen LogP) is 5.26. The minimum absolute atomic E-state index is 0.0763. The average Bonchev–Trinajstić information content (AvgIpc) is 2.89. The largest absolute Gasteiger partial charge is 0.466 e. The molecule has 0 aliphatic carbocycles.